The zero-order chi connectivity index (χ0) is 14.9. The first-order chi connectivity index (χ1) is 9.49. The molecule has 1 aromatic rings. The Balaban J connectivity index is 0.000000704. The van der Waals surface area contributed by atoms with Crippen molar-refractivity contribution in [2.24, 2.45) is 0 Å². The molecule has 0 N–H and O–H groups in total. The van der Waals surface area contributed by atoms with Crippen molar-refractivity contribution in [1.29, 1.82) is 0 Å². The van der Waals surface area contributed by atoms with E-state index in [1.807, 2.05) is 39.8 Å². The van der Waals surface area contributed by atoms with Gasteiger partial charge < -0.3 is 4.74 Å². The molecule has 106 valence electrons. The van der Waals surface area contributed by atoms with E-state index in [-0.39, 0.29) is 5.60 Å². The first-order valence-electron chi connectivity index (χ1n) is 7.10. The van der Waals surface area contributed by atoms with Crippen LogP contribution in [0.15, 0.2) is 29.8 Å². The molecule has 0 saturated carbocycles. The maximum atomic E-state index is 12.0. The van der Waals surface area contributed by atoms with Crippen LogP contribution in [-0.4, -0.2) is 17.2 Å². The summed E-state index contributed by atoms with van der Waals surface area (Å²) in [6, 6.07) is 7.15. The number of carbonyl (C=O) groups is 2. The Morgan fingerprint density at radius 2 is 1.60 bits per heavy atom. The molecule has 20 heavy (non-hydrogen) atoms. The van der Waals surface area contributed by atoms with E-state index in [1.165, 1.54) is 0 Å². The molecule has 3 heteroatoms. The lowest BCUT2D eigenvalue weighted by atomic mass is 9.82. The molecule has 0 amide bonds. The quantitative estimate of drug-likeness (QED) is 0.675. The first-order valence-corrected chi connectivity index (χ1v) is 7.10. The zero-order valence-corrected chi connectivity index (χ0v) is 12.4. The summed E-state index contributed by atoms with van der Waals surface area (Å²) < 4.78 is 5.93. The Labute approximate surface area is 119 Å². The highest BCUT2D eigenvalue weighted by Gasteiger charge is 2.39. The summed E-state index contributed by atoms with van der Waals surface area (Å²) in [5.74, 6) is -0.210. The lowest BCUT2D eigenvalue weighted by molar-refractivity contribution is -0.112. The van der Waals surface area contributed by atoms with E-state index < -0.39 is 11.6 Å². The maximum absolute atomic E-state index is 12.0. The Bertz CT molecular complexity index is 594. The average Bonchev–Trinajstić information content (AvgIpc) is 2.46. The Morgan fingerprint density at radius 1 is 1.00 bits per heavy atom. The van der Waals surface area contributed by atoms with E-state index in [2.05, 4.69) is 0 Å². The highest BCUT2D eigenvalue weighted by Crippen LogP contribution is 2.40. The number of Topliss-reactive ketones (excluding diaryl/α,β-unsaturated/α-hetero) is 2. The van der Waals surface area contributed by atoms with Crippen LogP contribution in [0.5, 0.6) is 0 Å². The Kier molecular flexibility index (Phi) is 3.80. The summed E-state index contributed by atoms with van der Waals surface area (Å²) in [6.45, 7) is 8.00. The molecule has 3 rings (SSSR count). The van der Waals surface area contributed by atoms with Crippen molar-refractivity contribution in [3.05, 3.63) is 41.0 Å². The Morgan fingerprint density at radius 3 is 2.25 bits per heavy atom. The normalized spacial score (nSPS) is 19.4. The molecule has 0 saturated heterocycles. The maximum Gasteiger partial charge on any atom is 0.234 e. The van der Waals surface area contributed by atoms with Gasteiger partial charge in [-0.05, 0) is 26.7 Å². The molecule has 0 atom stereocenters. The molecule has 0 aromatic heterocycles. The van der Waals surface area contributed by atoms with E-state index in [0.717, 1.165) is 12.0 Å². The van der Waals surface area contributed by atoms with E-state index >= 15 is 0 Å². The van der Waals surface area contributed by atoms with Crippen LogP contribution < -0.4 is 0 Å². The number of hydrogen-bond donors (Lipinski definition) is 0. The van der Waals surface area contributed by atoms with Gasteiger partial charge in [0.25, 0.3) is 0 Å². The van der Waals surface area contributed by atoms with Gasteiger partial charge in [0.1, 0.15) is 11.4 Å². The third kappa shape index (κ3) is 2.28. The van der Waals surface area contributed by atoms with Gasteiger partial charge in [-0.15, -0.1) is 0 Å². The second-order valence-corrected chi connectivity index (χ2v) is 5.37. The number of ketones is 2. The number of allylic oxidation sites excluding steroid dienone is 1. The summed E-state index contributed by atoms with van der Waals surface area (Å²) >= 11 is 0. The molecule has 1 aromatic carbocycles. The lowest BCUT2D eigenvalue weighted by Gasteiger charge is -2.36. The number of carbonyl (C=O) groups excluding carboxylic acids is 2. The summed E-state index contributed by atoms with van der Waals surface area (Å²) in [7, 11) is 0. The number of benzene rings is 1. The number of rotatable bonds is 0. The zero-order valence-electron chi connectivity index (χ0n) is 12.4. The van der Waals surface area contributed by atoms with Crippen LogP contribution in [0.4, 0.5) is 0 Å². The monoisotopic (exact) mass is 272 g/mol. The molecule has 0 unspecified atom stereocenters. The van der Waals surface area contributed by atoms with Crippen molar-refractivity contribution in [2.45, 2.75) is 46.1 Å². The van der Waals surface area contributed by atoms with Crippen molar-refractivity contribution in [2.75, 3.05) is 0 Å². The van der Waals surface area contributed by atoms with Crippen LogP contribution in [-0.2, 0) is 9.53 Å². The lowest BCUT2D eigenvalue weighted by Crippen LogP contribution is -2.34. The summed E-state index contributed by atoms with van der Waals surface area (Å²) in [6.07, 6.45) is 1.37. The van der Waals surface area contributed by atoms with Crippen molar-refractivity contribution >= 4 is 17.3 Å². The minimum atomic E-state index is -0.410. The molecule has 1 aliphatic carbocycles. The van der Waals surface area contributed by atoms with Crippen LogP contribution >= 0.6 is 0 Å². The number of hydrogen-bond acceptors (Lipinski definition) is 3. The van der Waals surface area contributed by atoms with Crippen LogP contribution in [0, 0.1) is 0 Å². The van der Waals surface area contributed by atoms with Crippen LogP contribution in [0.1, 0.15) is 56.5 Å². The smallest absolute Gasteiger partial charge is 0.234 e. The van der Waals surface area contributed by atoms with Gasteiger partial charge in [-0.2, -0.15) is 0 Å². The van der Waals surface area contributed by atoms with Gasteiger partial charge in [0.05, 0.1) is 0 Å². The third-order valence-electron chi connectivity index (χ3n) is 3.53. The van der Waals surface area contributed by atoms with Crippen molar-refractivity contribution in [3.8, 4) is 0 Å². The minimum Gasteiger partial charge on any atom is -0.487 e. The van der Waals surface area contributed by atoms with Crippen LogP contribution in [0.3, 0.4) is 0 Å². The summed E-state index contributed by atoms with van der Waals surface area (Å²) in [5, 5.41) is 0. The molecular weight excluding hydrogens is 252 g/mol. The van der Waals surface area contributed by atoms with Crippen molar-refractivity contribution in [3.63, 3.8) is 0 Å². The van der Waals surface area contributed by atoms with E-state index in [4.69, 9.17) is 4.74 Å². The molecule has 0 radical (unpaired) electrons. The van der Waals surface area contributed by atoms with E-state index in [0.29, 0.717) is 23.3 Å². The molecule has 2 aliphatic rings. The molecule has 3 nitrogen and oxygen atoms in total. The topological polar surface area (TPSA) is 43.4 Å². The van der Waals surface area contributed by atoms with Gasteiger partial charge >= 0.3 is 0 Å². The molecule has 0 spiro atoms. The van der Waals surface area contributed by atoms with Crippen molar-refractivity contribution in [1.82, 2.24) is 0 Å². The van der Waals surface area contributed by atoms with Crippen LogP contribution in [0.25, 0.3) is 5.76 Å². The molecule has 1 heterocycles. The number of fused-ring (bicyclic) bond motifs is 2. The second-order valence-electron chi connectivity index (χ2n) is 5.37. The van der Waals surface area contributed by atoms with Gasteiger partial charge in [-0.3, -0.25) is 9.59 Å². The fraction of sp³-hybridized carbons (Fsp3) is 0.412. The van der Waals surface area contributed by atoms with Gasteiger partial charge in [-0.25, -0.2) is 0 Å². The summed E-state index contributed by atoms with van der Waals surface area (Å²) in [5.41, 5.74) is 1.47. The fourth-order valence-corrected chi connectivity index (χ4v) is 2.50. The highest BCUT2D eigenvalue weighted by molar-refractivity contribution is 6.52. The first kappa shape index (κ1) is 14.5. The van der Waals surface area contributed by atoms with Gasteiger partial charge in [0.15, 0.2) is 0 Å². The standard InChI is InChI=1S/C15H14O3.C2H6/c1-15(2)8-7-11-13(17)12(16)9-5-3-4-6-10(9)14(11)18-15;1-2/h3-6H,7-8H2,1-2H3;1-2H3. The summed E-state index contributed by atoms with van der Waals surface area (Å²) in [4.78, 5) is 24.0. The molecule has 0 bridgehead atoms. The predicted molar refractivity (Wildman–Crippen MR) is 78.4 cm³/mol. The fourth-order valence-electron chi connectivity index (χ4n) is 2.50. The van der Waals surface area contributed by atoms with E-state index in [1.54, 1.807) is 12.1 Å². The molecule has 1 aliphatic heterocycles. The predicted octanol–water partition coefficient (Wildman–Crippen LogP) is 3.78. The van der Waals surface area contributed by atoms with Crippen molar-refractivity contribution < 1.29 is 14.3 Å². The molecular formula is C17H20O3. The average molecular weight is 272 g/mol. The highest BCUT2D eigenvalue weighted by atomic mass is 16.5. The van der Waals surface area contributed by atoms with E-state index in [9.17, 15) is 9.59 Å². The van der Waals surface area contributed by atoms with Gasteiger partial charge in [0.2, 0.25) is 11.6 Å². The largest absolute Gasteiger partial charge is 0.487 e. The SMILES string of the molecule is CC.CC1(C)CCC2=C(O1)c1ccccc1C(=O)C2=O. The third-order valence-corrected chi connectivity index (χ3v) is 3.53. The molecule has 0 fully saturated rings. The van der Waals surface area contributed by atoms with Gasteiger partial charge in [-0.1, -0.05) is 38.1 Å². The number of ether oxygens (including phenoxy) is 1. The minimum absolute atomic E-state index is 0.285. The second kappa shape index (κ2) is 5.23. The Hall–Kier alpha value is -1.90. The van der Waals surface area contributed by atoms with Crippen LogP contribution in [0.2, 0.25) is 0 Å². The van der Waals surface area contributed by atoms with Gasteiger partial charge in [0, 0.05) is 16.7 Å².